The average molecular weight is 235 g/mol. The Morgan fingerprint density at radius 1 is 1.59 bits per heavy atom. The van der Waals surface area contributed by atoms with Crippen molar-refractivity contribution >= 4 is 0 Å². The maximum Gasteiger partial charge on any atom is 0.0894 e. The molecule has 0 aromatic carbocycles. The van der Waals surface area contributed by atoms with Crippen molar-refractivity contribution in [3.8, 4) is 0 Å². The lowest BCUT2D eigenvalue weighted by Gasteiger charge is -2.40. The summed E-state index contributed by atoms with van der Waals surface area (Å²) >= 11 is 0. The van der Waals surface area contributed by atoms with Gasteiger partial charge in [0.25, 0.3) is 0 Å². The normalized spacial score (nSPS) is 26.0. The molecule has 94 valence electrons. The minimum atomic E-state index is 0.0829. The van der Waals surface area contributed by atoms with Gasteiger partial charge in [-0.25, -0.2) is 0 Å². The molecular formula is C13H21N3O. The highest BCUT2D eigenvalue weighted by atomic mass is 16.5. The highest BCUT2D eigenvalue weighted by molar-refractivity contribution is 5.16. The molecule has 1 aromatic heterocycles. The summed E-state index contributed by atoms with van der Waals surface area (Å²) < 4.78 is 5.78. The van der Waals surface area contributed by atoms with Crippen molar-refractivity contribution in [2.45, 2.75) is 25.5 Å². The summed E-state index contributed by atoms with van der Waals surface area (Å²) in [5.41, 5.74) is 7.02. The number of hydrogen-bond donors (Lipinski definition) is 1. The first-order valence-corrected chi connectivity index (χ1v) is 6.32. The fraction of sp³-hybridized carbons (Fsp3) is 0.615. The van der Waals surface area contributed by atoms with Crippen LogP contribution >= 0.6 is 0 Å². The first-order chi connectivity index (χ1) is 8.36. The summed E-state index contributed by atoms with van der Waals surface area (Å²) in [4.78, 5) is 6.66. The van der Waals surface area contributed by atoms with Gasteiger partial charge < -0.3 is 10.5 Å². The molecule has 2 heterocycles. The Kier molecular flexibility index (Phi) is 4.48. The summed E-state index contributed by atoms with van der Waals surface area (Å²) in [6, 6.07) is 4.33. The molecule has 2 unspecified atom stereocenters. The summed E-state index contributed by atoms with van der Waals surface area (Å²) in [6.45, 7) is 5.59. The first-order valence-electron chi connectivity index (χ1n) is 6.32. The van der Waals surface area contributed by atoms with Crippen LogP contribution < -0.4 is 5.73 Å². The van der Waals surface area contributed by atoms with Crippen molar-refractivity contribution in [1.29, 1.82) is 0 Å². The van der Waals surface area contributed by atoms with E-state index in [0.29, 0.717) is 6.54 Å². The van der Waals surface area contributed by atoms with Gasteiger partial charge in [0.2, 0.25) is 0 Å². The molecule has 4 heteroatoms. The summed E-state index contributed by atoms with van der Waals surface area (Å²) in [7, 11) is 0. The van der Waals surface area contributed by atoms with E-state index in [9.17, 15) is 0 Å². The van der Waals surface area contributed by atoms with Crippen molar-refractivity contribution in [3.05, 3.63) is 30.1 Å². The second-order valence-electron chi connectivity index (χ2n) is 4.41. The van der Waals surface area contributed by atoms with E-state index in [1.807, 2.05) is 12.3 Å². The number of nitrogens with zero attached hydrogens (tertiary/aromatic N) is 2. The lowest BCUT2D eigenvalue weighted by Crippen LogP contribution is -2.48. The van der Waals surface area contributed by atoms with Gasteiger partial charge in [0.1, 0.15) is 0 Å². The van der Waals surface area contributed by atoms with Crippen LogP contribution in [-0.2, 0) is 4.74 Å². The maximum absolute atomic E-state index is 5.82. The number of morpholine rings is 1. The van der Waals surface area contributed by atoms with Gasteiger partial charge in [0.15, 0.2) is 0 Å². The monoisotopic (exact) mass is 235 g/mol. The number of hydrogen-bond acceptors (Lipinski definition) is 4. The smallest absolute Gasteiger partial charge is 0.0894 e. The molecular weight excluding hydrogens is 214 g/mol. The molecule has 1 aliphatic heterocycles. The molecule has 2 rings (SSSR count). The first kappa shape index (κ1) is 12.5. The van der Waals surface area contributed by atoms with Crippen LogP contribution in [0.3, 0.4) is 0 Å². The molecule has 1 aromatic rings. The van der Waals surface area contributed by atoms with Crippen LogP contribution in [-0.4, -0.2) is 42.2 Å². The third-order valence-corrected chi connectivity index (χ3v) is 3.23. The lowest BCUT2D eigenvalue weighted by molar-refractivity contribution is -0.0677. The van der Waals surface area contributed by atoms with E-state index in [1.165, 1.54) is 5.56 Å². The molecule has 0 amide bonds. The van der Waals surface area contributed by atoms with Crippen LogP contribution in [0.2, 0.25) is 0 Å². The minimum absolute atomic E-state index is 0.0829. The van der Waals surface area contributed by atoms with Gasteiger partial charge in [0.05, 0.1) is 18.8 Å². The molecule has 0 spiro atoms. The van der Waals surface area contributed by atoms with E-state index >= 15 is 0 Å². The standard InChI is InChI=1S/C13H21N3O/c1-2-6-16-7-8-17-12(9-14)13(16)11-4-3-5-15-10-11/h3-5,10,12-13H,2,6-9,14H2,1H3. The van der Waals surface area contributed by atoms with Crippen LogP contribution in [0.5, 0.6) is 0 Å². The van der Waals surface area contributed by atoms with Crippen LogP contribution in [0.1, 0.15) is 24.9 Å². The molecule has 2 N–H and O–H groups in total. The van der Waals surface area contributed by atoms with E-state index in [4.69, 9.17) is 10.5 Å². The molecule has 4 nitrogen and oxygen atoms in total. The number of pyridine rings is 1. The summed E-state index contributed by atoms with van der Waals surface area (Å²) in [5, 5.41) is 0. The third kappa shape index (κ3) is 2.83. The van der Waals surface area contributed by atoms with Gasteiger partial charge in [-0.3, -0.25) is 9.88 Å². The Balaban J connectivity index is 2.22. The van der Waals surface area contributed by atoms with Crippen LogP contribution in [0.15, 0.2) is 24.5 Å². The van der Waals surface area contributed by atoms with Crippen molar-refractivity contribution in [2.24, 2.45) is 5.73 Å². The predicted octanol–water partition coefficient (Wildman–Crippen LogP) is 1.19. The Morgan fingerprint density at radius 2 is 2.47 bits per heavy atom. The minimum Gasteiger partial charge on any atom is -0.374 e. The number of ether oxygens (including phenoxy) is 1. The number of nitrogens with two attached hydrogens (primary N) is 1. The highest BCUT2D eigenvalue weighted by Gasteiger charge is 2.32. The zero-order chi connectivity index (χ0) is 12.1. The summed E-state index contributed by atoms with van der Waals surface area (Å²) in [6.07, 6.45) is 4.95. The fourth-order valence-electron chi connectivity index (χ4n) is 2.50. The zero-order valence-electron chi connectivity index (χ0n) is 10.4. The fourth-order valence-corrected chi connectivity index (χ4v) is 2.50. The second kappa shape index (κ2) is 6.10. The molecule has 1 saturated heterocycles. The van der Waals surface area contributed by atoms with Crippen molar-refractivity contribution in [1.82, 2.24) is 9.88 Å². The predicted molar refractivity (Wildman–Crippen MR) is 67.6 cm³/mol. The van der Waals surface area contributed by atoms with Crippen LogP contribution in [0.4, 0.5) is 0 Å². The molecule has 17 heavy (non-hydrogen) atoms. The van der Waals surface area contributed by atoms with Crippen LogP contribution in [0, 0.1) is 0 Å². The molecule has 1 aliphatic rings. The molecule has 0 aliphatic carbocycles. The molecule has 1 fully saturated rings. The van der Waals surface area contributed by atoms with E-state index in [1.54, 1.807) is 6.20 Å². The topological polar surface area (TPSA) is 51.4 Å². The Morgan fingerprint density at radius 3 is 3.12 bits per heavy atom. The highest BCUT2D eigenvalue weighted by Crippen LogP contribution is 2.28. The van der Waals surface area contributed by atoms with E-state index < -0.39 is 0 Å². The van der Waals surface area contributed by atoms with Gasteiger partial charge in [-0.1, -0.05) is 13.0 Å². The van der Waals surface area contributed by atoms with E-state index in [0.717, 1.165) is 26.1 Å². The van der Waals surface area contributed by atoms with Gasteiger partial charge in [-0.15, -0.1) is 0 Å². The lowest BCUT2D eigenvalue weighted by atomic mass is 9.99. The second-order valence-corrected chi connectivity index (χ2v) is 4.41. The van der Waals surface area contributed by atoms with Crippen molar-refractivity contribution < 1.29 is 4.74 Å². The Bertz CT molecular complexity index is 329. The molecule has 0 bridgehead atoms. The quantitative estimate of drug-likeness (QED) is 0.852. The number of aromatic nitrogens is 1. The number of rotatable bonds is 4. The Labute approximate surface area is 103 Å². The maximum atomic E-state index is 5.82. The van der Waals surface area contributed by atoms with Gasteiger partial charge in [-0.2, -0.15) is 0 Å². The third-order valence-electron chi connectivity index (χ3n) is 3.23. The van der Waals surface area contributed by atoms with Crippen LogP contribution in [0.25, 0.3) is 0 Å². The average Bonchev–Trinajstić information content (AvgIpc) is 2.40. The summed E-state index contributed by atoms with van der Waals surface area (Å²) in [5.74, 6) is 0. The van der Waals surface area contributed by atoms with Crippen molar-refractivity contribution in [2.75, 3.05) is 26.2 Å². The van der Waals surface area contributed by atoms with Gasteiger partial charge >= 0.3 is 0 Å². The Hall–Kier alpha value is -0.970. The molecule has 0 radical (unpaired) electrons. The SMILES string of the molecule is CCCN1CCOC(CN)C1c1cccnc1. The zero-order valence-corrected chi connectivity index (χ0v) is 10.4. The molecule has 0 saturated carbocycles. The van der Waals surface area contributed by atoms with Gasteiger partial charge in [-0.05, 0) is 24.6 Å². The van der Waals surface area contributed by atoms with Gasteiger partial charge in [0, 0.05) is 25.5 Å². The van der Waals surface area contributed by atoms with Crippen molar-refractivity contribution in [3.63, 3.8) is 0 Å². The van der Waals surface area contributed by atoms with E-state index in [2.05, 4.69) is 22.9 Å². The molecule has 2 atom stereocenters. The largest absolute Gasteiger partial charge is 0.374 e. The van der Waals surface area contributed by atoms with E-state index in [-0.39, 0.29) is 12.1 Å².